The third-order valence-corrected chi connectivity index (χ3v) is 1.74. The van der Waals surface area contributed by atoms with Gasteiger partial charge < -0.3 is 0 Å². The highest BCUT2D eigenvalue weighted by molar-refractivity contribution is 5.57. The molecule has 1 aromatic carbocycles. The van der Waals surface area contributed by atoms with E-state index in [4.69, 9.17) is 0 Å². The van der Waals surface area contributed by atoms with Crippen LogP contribution in [0.15, 0.2) is 36.4 Å². The van der Waals surface area contributed by atoms with Gasteiger partial charge in [0.25, 0.3) is 0 Å². The first-order valence-electron chi connectivity index (χ1n) is 4.01. The summed E-state index contributed by atoms with van der Waals surface area (Å²) in [5.74, 6) is -0.864. The third kappa shape index (κ3) is 1.74. The molecule has 0 radical (unpaired) electrons. The lowest BCUT2D eigenvalue weighted by Gasteiger charge is -1.99. The molecule has 0 saturated carbocycles. The van der Waals surface area contributed by atoms with Crippen molar-refractivity contribution in [2.75, 3.05) is 0 Å². The van der Waals surface area contributed by atoms with E-state index < -0.39 is 12.0 Å². The first-order valence-corrected chi connectivity index (χ1v) is 4.01. The minimum atomic E-state index is -1.05. The third-order valence-electron chi connectivity index (χ3n) is 1.74. The zero-order valence-corrected chi connectivity index (χ0v) is 7.11. The second-order valence-corrected chi connectivity index (χ2v) is 2.71. The van der Waals surface area contributed by atoms with Gasteiger partial charge in [-0.25, -0.2) is 4.98 Å². The Balaban J connectivity index is 2.52. The molecule has 0 saturated heterocycles. The summed E-state index contributed by atoms with van der Waals surface area (Å²) in [7, 11) is 0. The molecule has 14 heavy (non-hydrogen) atoms. The molecule has 0 aliphatic heterocycles. The van der Waals surface area contributed by atoms with Crippen LogP contribution in [-0.4, -0.2) is 9.97 Å². The number of hydrogen-bond acceptors (Lipinski definition) is 2. The van der Waals surface area contributed by atoms with Gasteiger partial charge in [-0.15, -0.1) is 0 Å². The van der Waals surface area contributed by atoms with Gasteiger partial charge >= 0.3 is 6.08 Å². The van der Waals surface area contributed by atoms with Crippen molar-refractivity contribution in [3.63, 3.8) is 0 Å². The fourth-order valence-electron chi connectivity index (χ4n) is 1.15. The number of benzene rings is 1. The molecule has 0 unspecified atom stereocenters. The van der Waals surface area contributed by atoms with Gasteiger partial charge in [-0.1, -0.05) is 30.3 Å². The largest absolute Gasteiger partial charge is 0.311 e. The summed E-state index contributed by atoms with van der Waals surface area (Å²) < 4.78 is 25.4. The Bertz CT molecular complexity index is 423. The summed E-state index contributed by atoms with van der Waals surface area (Å²) in [5, 5.41) is 0. The molecule has 2 nitrogen and oxygen atoms in total. The predicted octanol–water partition coefficient (Wildman–Crippen LogP) is 2.42. The lowest BCUT2D eigenvalue weighted by atomic mass is 10.1. The van der Waals surface area contributed by atoms with E-state index in [1.54, 1.807) is 24.3 Å². The molecule has 1 heterocycles. The second kappa shape index (κ2) is 3.49. The Morgan fingerprint density at radius 2 is 1.64 bits per heavy atom. The summed E-state index contributed by atoms with van der Waals surface area (Å²) >= 11 is 0. The number of nitrogens with zero attached hydrogens (tertiary/aromatic N) is 2. The van der Waals surface area contributed by atoms with Crippen LogP contribution in [0.3, 0.4) is 0 Å². The fraction of sp³-hybridized carbons (Fsp3) is 0. The molecule has 0 fully saturated rings. The summed E-state index contributed by atoms with van der Waals surface area (Å²) in [4.78, 5) is 6.40. The Morgan fingerprint density at radius 3 is 2.29 bits per heavy atom. The summed E-state index contributed by atoms with van der Waals surface area (Å²) in [5.41, 5.74) is 0.906. The summed E-state index contributed by atoms with van der Waals surface area (Å²) in [6, 6.07) is 9.90. The van der Waals surface area contributed by atoms with Crippen LogP contribution in [-0.2, 0) is 0 Å². The minimum Gasteiger partial charge on any atom is -0.202 e. The van der Waals surface area contributed by atoms with Crippen molar-refractivity contribution in [1.82, 2.24) is 9.97 Å². The molecule has 1 aromatic heterocycles. The molecular weight excluding hydrogens is 186 g/mol. The summed E-state index contributed by atoms with van der Waals surface area (Å²) in [6.45, 7) is 0. The van der Waals surface area contributed by atoms with E-state index in [1.165, 1.54) is 0 Å². The summed E-state index contributed by atoms with van der Waals surface area (Å²) in [6.07, 6.45) is -1.05. The van der Waals surface area contributed by atoms with Crippen LogP contribution in [0.25, 0.3) is 11.3 Å². The van der Waals surface area contributed by atoms with E-state index in [1.807, 2.05) is 6.07 Å². The van der Waals surface area contributed by atoms with E-state index in [-0.39, 0.29) is 5.69 Å². The van der Waals surface area contributed by atoms with Gasteiger partial charge in [0, 0.05) is 11.6 Å². The maximum Gasteiger partial charge on any atom is 0.311 e. The molecule has 70 valence electrons. The van der Waals surface area contributed by atoms with Gasteiger partial charge in [0.05, 0.1) is 5.69 Å². The van der Waals surface area contributed by atoms with Crippen LogP contribution in [0.2, 0.25) is 0 Å². The molecule has 2 rings (SSSR count). The van der Waals surface area contributed by atoms with Gasteiger partial charge in [-0.2, -0.15) is 13.8 Å². The number of rotatable bonds is 1. The first-order chi connectivity index (χ1) is 6.75. The van der Waals surface area contributed by atoms with E-state index in [0.29, 0.717) is 5.56 Å². The quantitative estimate of drug-likeness (QED) is 0.512. The normalized spacial score (nSPS) is 10.1. The van der Waals surface area contributed by atoms with Crippen molar-refractivity contribution in [3.8, 4) is 11.3 Å². The van der Waals surface area contributed by atoms with Crippen LogP contribution < -0.4 is 0 Å². The number of hydrogen-bond donors (Lipinski definition) is 0. The molecule has 2 aromatic rings. The predicted molar refractivity (Wildman–Crippen MR) is 47.4 cm³/mol. The zero-order valence-electron chi connectivity index (χ0n) is 7.11. The lowest BCUT2D eigenvalue weighted by Crippen LogP contribution is -1.95. The van der Waals surface area contributed by atoms with Crippen molar-refractivity contribution in [1.29, 1.82) is 0 Å². The highest BCUT2D eigenvalue weighted by Gasteiger charge is 2.04. The Hall–Kier alpha value is -1.84. The van der Waals surface area contributed by atoms with E-state index >= 15 is 0 Å². The Morgan fingerprint density at radius 1 is 0.929 bits per heavy atom. The maximum atomic E-state index is 12.7. The van der Waals surface area contributed by atoms with Crippen molar-refractivity contribution in [3.05, 3.63) is 48.4 Å². The fourth-order valence-corrected chi connectivity index (χ4v) is 1.15. The molecule has 0 N–H and O–H groups in total. The van der Waals surface area contributed by atoms with Crippen LogP contribution >= 0.6 is 0 Å². The van der Waals surface area contributed by atoms with Gasteiger partial charge in [0.1, 0.15) is 0 Å². The van der Waals surface area contributed by atoms with Crippen LogP contribution in [0, 0.1) is 12.0 Å². The molecular formula is C10H6F2N2. The highest BCUT2D eigenvalue weighted by Crippen LogP contribution is 2.16. The Labute approximate surface area is 79.3 Å². The minimum absolute atomic E-state index is 0.246. The van der Waals surface area contributed by atoms with Crippen LogP contribution in [0.4, 0.5) is 8.78 Å². The van der Waals surface area contributed by atoms with Crippen molar-refractivity contribution in [2.45, 2.75) is 0 Å². The smallest absolute Gasteiger partial charge is 0.202 e. The standard InChI is InChI=1S/C10H6F2N2/c11-9-6-8(13-10(12)14-9)7-4-2-1-3-5-7/h1-6H. The van der Waals surface area contributed by atoms with Gasteiger partial charge in [-0.05, 0) is 0 Å². The molecule has 0 amide bonds. The monoisotopic (exact) mass is 192 g/mol. The van der Waals surface area contributed by atoms with Gasteiger partial charge in [-0.3, -0.25) is 0 Å². The molecule has 0 bridgehead atoms. The average Bonchev–Trinajstić information content (AvgIpc) is 2.18. The first kappa shape index (κ1) is 8.74. The highest BCUT2D eigenvalue weighted by atomic mass is 19.1. The van der Waals surface area contributed by atoms with Gasteiger partial charge in [0.15, 0.2) is 0 Å². The van der Waals surface area contributed by atoms with E-state index in [0.717, 1.165) is 6.07 Å². The maximum absolute atomic E-state index is 12.7. The van der Waals surface area contributed by atoms with Crippen molar-refractivity contribution in [2.24, 2.45) is 0 Å². The van der Waals surface area contributed by atoms with Crippen LogP contribution in [0.1, 0.15) is 0 Å². The van der Waals surface area contributed by atoms with Crippen molar-refractivity contribution >= 4 is 0 Å². The van der Waals surface area contributed by atoms with Crippen molar-refractivity contribution < 1.29 is 8.78 Å². The molecule has 4 heteroatoms. The molecule has 0 atom stereocenters. The average molecular weight is 192 g/mol. The van der Waals surface area contributed by atoms with Crippen LogP contribution in [0.5, 0.6) is 0 Å². The molecule has 0 spiro atoms. The molecule has 0 aliphatic rings. The SMILES string of the molecule is Fc1cc(-c2ccccc2)nc(F)n1. The topological polar surface area (TPSA) is 25.8 Å². The number of halogens is 2. The van der Waals surface area contributed by atoms with E-state index in [2.05, 4.69) is 9.97 Å². The van der Waals surface area contributed by atoms with E-state index in [9.17, 15) is 8.78 Å². The Kier molecular flexibility index (Phi) is 2.18. The number of aromatic nitrogens is 2. The molecule has 0 aliphatic carbocycles. The second-order valence-electron chi connectivity index (χ2n) is 2.71. The lowest BCUT2D eigenvalue weighted by molar-refractivity contribution is 0.484. The zero-order chi connectivity index (χ0) is 9.97. The van der Waals surface area contributed by atoms with Gasteiger partial charge in [0.2, 0.25) is 5.95 Å².